The van der Waals surface area contributed by atoms with Gasteiger partial charge in [0.15, 0.2) is 6.61 Å². The number of amides is 1. The van der Waals surface area contributed by atoms with Gasteiger partial charge in [0, 0.05) is 5.69 Å². The Bertz CT molecular complexity index is 1000. The van der Waals surface area contributed by atoms with Gasteiger partial charge in [-0.05, 0) is 77.3 Å². The third-order valence-corrected chi connectivity index (χ3v) is 4.88. The van der Waals surface area contributed by atoms with Gasteiger partial charge in [0.2, 0.25) is 0 Å². The summed E-state index contributed by atoms with van der Waals surface area (Å²) in [5.41, 5.74) is 3.31. The first-order valence-electron chi connectivity index (χ1n) is 8.98. The van der Waals surface area contributed by atoms with Gasteiger partial charge in [0.1, 0.15) is 29.6 Å². The molecule has 6 nitrogen and oxygen atoms in total. The number of halogens is 1. The molecule has 3 rings (SSSR count). The summed E-state index contributed by atoms with van der Waals surface area (Å²) in [5, 5.41) is 12.0. The highest BCUT2D eigenvalue weighted by Gasteiger charge is 2.14. The fraction of sp³-hybridized carbons (Fsp3) is 0.227. The topological polar surface area (TPSA) is 80.9 Å². The Hall–Kier alpha value is -2.77. The van der Waals surface area contributed by atoms with E-state index in [1.165, 1.54) is 0 Å². The zero-order valence-electron chi connectivity index (χ0n) is 16.4. The van der Waals surface area contributed by atoms with Crippen molar-refractivity contribution in [3.8, 4) is 22.8 Å². The minimum Gasteiger partial charge on any atom is -0.496 e. The second-order valence-corrected chi connectivity index (χ2v) is 7.42. The molecule has 3 aromatic rings. The van der Waals surface area contributed by atoms with Crippen molar-refractivity contribution in [2.75, 3.05) is 19.0 Å². The molecule has 0 unspecified atom stereocenters. The third-order valence-electron chi connectivity index (χ3n) is 4.29. The molecule has 0 saturated carbocycles. The molecule has 152 valence electrons. The van der Waals surface area contributed by atoms with Crippen LogP contribution in [-0.4, -0.2) is 24.7 Å². The summed E-state index contributed by atoms with van der Waals surface area (Å²) in [4.78, 5) is 12.4. The molecule has 1 heterocycles. The molecule has 0 bridgehead atoms. The standard InChI is InChI=1S/C22H22BrNO5/c1-13-8-14(2)22(18(23)9-13)28-12-21(26)24-15-4-6-19(27-3)17(10-15)20-7-5-16(11-25)29-20/h4-10,25H,11-12H2,1-3H3,(H,24,26). The molecule has 1 amide bonds. The van der Waals surface area contributed by atoms with Crippen LogP contribution in [0.1, 0.15) is 16.9 Å². The first-order valence-corrected chi connectivity index (χ1v) is 9.78. The fourth-order valence-corrected chi connectivity index (χ4v) is 3.79. The lowest BCUT2D eigenvalue weighted by Crippen LogP contribution is -2.20. The van der Waals surface area contributed by atoms with Gasteiger partial charge in [-0.2, -0.15) is 0 Å². The number of aliphatic hydroxyl groups is 1. The smallest absolute Gasteiger partial charge is 0.262 e. The number of methoxy groups -OCH3 is 1. The lowest BCUT2D eigenvalue weighted by atomic mass is 10.1. The fourth-order valence-electron chi connectivity index (χ4n) is 3.01. The number of carbonyl (C=O) groups excluding carboxylic acids is 1. The van der Waals surface area contributed by atoms with Crippen LogP contribution < -0.4 is 14.8 Å². The molecule has 0 atom stereocenters. The van der Waals surface area contributed by atoms with Gasteiger partial charge in [-0.15, -0.1) is 0 Å². The Labute approximate surface area is 177 Å². The molecule has 0 aliphatic heterocycles. The summed E-state index contributed by atoms with van der Waals surface area (Å²) >= 11 is 3.48. The van der Waals surface area contributed by atoms with Crippen LogP contribution in [0.25, 0.3) is 11.3 Å². The molecule has 0 saturated heterocycles. The van der Waals surface area contributed by atoms with Crippen LogP contribution in [0, 0.1) is 13.8 Å². The predicted molar refractivity (Wildman–Crippen MR) is 114 cm³/mol. The lowest BCUT2D eigenvalue weighted by molar-refractivity contribution is -0.118. The van der Waals surface area contributed by atoms with E-state index in [1.54, 1.807) is 37.4 Å². The van der Waals surface area contributed by atoms with Crippen molar-refractivity contribution in [3.63, 3.8) is 0 Å². The van der Waals surface area contributed by atoms with E-state index < -0.39 is 0 Å². The number of rotatable bonds is 7. The molecule has 7 heteroatoms. The summed E-state index contributed by atoms with van der Waals surface area (Å²) in [6.45, 7) is 3.62. The Balaban J connectivity index is 1.73. The van der Waals surface area contributed by atoms with Crippen molar-refractivity contribution in [2.45, 2.75) is 20.5 Å². The van der Waals surface area contributed by atoms with Crippen molar-refractivity contribution in [2.24, 2.45) is 0 Å². The average molecular weight is 460 g/mol. The van der Waals surface area contributed by atoms with Crippen LogP contribution in [0.15, 0.2) is 51.4 Å². The molecular formula is C22H22BrNO5. The van der Waals surface area contributed by atoms with E-state index in [-0.39, 0.29) is 19.1 Å². The van der Waals surface area contributed by atoms with Crippen molar-refractivity contribution in [3.05, 3.63) is 63.8 Å². The molecule has 0 aliphatic carbocycles. The maximum Gasteiger partial charge on any atom is 0.262 e. The van der Waals surface area contributed by atoms with Gasteiger partial charge in [0.05, 0.1) is 17.1 Å². The molecular weight excluding hydrogens is 438 g/mol. The van der Waals surface area contributed by atoms with Crippen molar-refractivity contribution in [1.82, 2.24) is 0 Å². The zero-order valence-corrected chi connectivity index (χ0v) is 18.0. The minimum atomic E-state index is -0.288. The van der Waals surface area contributed by atoms with E-state index in [9.17, 15) is 9.90 Å². The summed E-state index contributed by atoms with van der Waals surface area (Å²) in [7, 11) is 1.56. The largest absolute Gasteiger partial charge is 0.496 e. The normalized spacial score (nSPS) is 10.7. The molecule has 2 aromatic carbocycles. The van der Waals surface area contributed by atoms with Crippen LogP contribution in [0.3, 0.4) is 0 Å². The van der Waals surface area contributed by atoms with Gasteiger partial charge in [0.25, 0.3) is 5.91 Å². The van der Waals surface area contributed by atoms with E-state index in [2.05, 4.69) is 21.2 Å². The van der Waals surface area contributed by atoms with Crippen molar-refractivity contribution in [1.29, 1.82) is 0 Å². The number of benzene rings is 2. The molecule has 0 radical (unpaired) electrons. The lowest BCUT2D eigenvalue weighted by Gasteiger charge is -2.13. The monoisotopic (exact) mass is 459 g/mol. The van der Waals surface area contributed by atoms with E-state index in [0.717, 1.165) is 15.6 Å². The van der Waals surface area contributed by atoms with Crippen LogP contribution in [0.5, 0.6) is 11.5 Å². The molecule has 1 aromatic heterocycles. The number of ether oxygens (including phenoxy) is 2. The second kappa shape index (κ2) is 9.15. The molecule has 2 N–H and O–H groups in total. The van der Waals surface area contributed by atoms with Gasteiger partial charge >= 0.3 is 0 Å². The Morgan fingerprint density at radius 3 is 2.62 bits per heavy atom. The molecule has 0 aliphatic rings. The van der Waals surface area contributed by atoms with Crippen LogP contribution in [-0.2, 0) is 11.4 Å². The van der Waals surface area contributed by atoms with E-state index in [1.807, 2.05) is 26.0 Å². The Morgan fingerprint density at radius 1 is 1.17 bits per heavy atom. The number of hydrogen-bond donors (Lipinski definition) is 2. The van der Waals surface area contributed by atoms with Gasteiger partial charge in [-0.3, -0.25) is 4.79 Å². The maximum atomic E-state index is 12.4. The van der Waals surface area contributed by atoms with E-state index >= 15 is 0 Å². The number of aliphatic hydroxyl groups excluding tert-OH is 1. The van der Waals surface area contributed by atoms with Crippen molar-refractivity contribution >= 4 is 27.5 Å². The number of aryl methyl sites for hydroxylation is 2. The second-order valence-electron chi connectivity index (χ2n) is 6.57. The minimum absolute atomic E-state index is 0.126. The molecule has 29 heavy (non-hydrogen) atoms. The zero-order chi connectivity index (χ0) is 21.0. The number of anilines is 1. The number of hydrogen-bond acceptors (Lipinski definition) is 5. The first-order chi connectivity index (χ1) is 13.9. The first kappa shape index (κ1) is 21.0. The van der Waals surface area contributed by atoms with Crippen LogP contribution in [0.2, 0.25) is 0 Å². The number of furan rings is 1. The maximum absolute atomic E-state index is 12.4. The van der Waals surface area contributed by atoms with Gasteiger partial charge < -0.3 is 24.3 Å². The Kier molecular flexibility index (Phi) is 6.61. The van der Waals surface area contributed by atoms with Gasteiger partial charge in [-0.25, -0.2) is 0 Å². The average Bonchev–Trinajstić information content (AvgIpc) is 3.16. The summed E-state index contributed by atoms with van der Waals surface area (Å²) in [6, 6.07) is 12.6. The predicted octanol–water partition coefficient (Wildman–Crippen LogP) is 4.84. The number of carbonyl (C=O) groups is 1. The molecule has 0 spiro atoms. The summed E-state index contributed by atoms with van der Waals surface area (Å²) < 4.78 is 17.5. The van der Waals surface area contributed by atoms with Crippen LogP contribution >= 0.6 is 15.9 Å². The SMILES string of the molecule is COc1ccc(NC(=O)COc2c(C)cc(C)cc2Br)cc1-c1ccc(CO)o1. The van der Waals surface area contributed by atoms with Gasteiger partial charge in [-0.1, -0.05) is 6.07 Å². The van der Waals surface area contributed by atoms with E-state index in [0.29, 0.717) is 34.3 Å². The summed E-state index contributed by atoms with van der Waals surface area (Å²) in [5.74, 6) is 1.94. The quantitative estimate of drug-likeness (QED) is 0.527. The highest BCUT2D eigenvalue weighted by Crippen LogP contribution is 2.34. The molecule has 0 fully saturated rings. The Morgan fingerprint density at radius 2 is 1.97 bits per heavy atom. The third kappa shape index (κ3) is 4.99. The van der Waals surface area contributed by atoms with E-state index in [4.69, 9.17) is 13.9 Å². The highest BCUT2D eigenvalue weighted by atomic mass is 79.9. The number of nitrogens with one attached hydrogen (secondary N) is 1. The highest BCUT2D eigenvalue weighted by molar-refractivity contribution is 9.10. The summed E-state index contributed by atoms with van der Waals surface area (Å²) in [6.07, 6.45) is 0. The van der Waals surface area contributed by atoms with Crippen molar-refractivity contribution < 1.29 is 23.8 Å². The van der Waals surface area contributed by atoms with Crippen LogP contribution in [0.4, 0.5) is 5.69 Å².